The SMILES string of the molecule is CC(C)CCNc1nc(NCCc2ccccc2)nc(Nc2ccc(CC(=O)NCCOCCOCCN)cc2)n1. The predicted octanol–water partition coefficient (Wildman–Crippen LogP) is 3.38. The van der Waals surface area contributed by atoms with Gasteiger partial charge in [-0.2, -0.15) is 15.0 Å². The maximum Gasteiger partial charge on any atom is 0.233 e. The van der Waals surface area contributed by atoms with Crippen molar-refractivity contribution >= 4 is 29.4 Å². The van der Waals surface area contributed by atoms with Crippen LogP contribution in [-0.4, -0.2) is 73.5 Å². The Kier molecular flexibility index (Phi) is 14.3. The van der Waals surface area contributed by atoms with Gasteiger partial charge in [0.05, 0.1) is 32.8 Å². The Morgan fingerprint density at radius 1 is 0.780 bits per heavy atom. The Hall–Kier alpha value is -3.80. The zero-order valence-corrected chi connectivity index (χ0v) is 24.2. The van der Waals surface area contributed by atoms with Gasteiger partial charge < -0.3 is 36.5 Å². The molecule has 0 atom stereocenters. The van der Waals surface area contributed by atoms with E-state index in [0.717, 1.165) is 30.6 Å². The molecule has 1 heterocycles. The summed E-state index contributed by atoms with van der Waals surface area (Å²) < 4.78 is 10.7. The Morgan fingerprint density at radius 3 is 2.12 bits per heavy atom. The fraction of sp³-hybridized carbons (Fsp3) is 0.467. The molecule has 11 nitrogen and oxygen atoms in total. The first-order valence-electron chi connectivity index (χ1n) is 14.3. The number of hydrogen-bond acceptors (Lipinski definition) is 10. The zero-order chi connectivity index (χ0) is 29.1. The number of anilines is 4. The maximum atomic E-state index is 12.3. The Balaban J connectivity index is 1.50. The normalized spacial score (nSPS) is 10.9. The average Bonchev–Trinajstić information content (AvgIpc) is 2.96. The third-order valence-electron chi connectivity index (χ3n) is 5.96. The highest BCUT2D eigenvalue weighted by Gasteiger charge is 2.09. The number of nitrogens with two attached hydrogens (primary N) is 1. The van der Waals surface area contributed by atoms with Gasteiger partial charge >= 0.3 is 0 Å². The molecule has 0 saturated heterocycles. The Morgan fingerprint density at radius 2 is 1.44 bits per heavy atom. The van der Waals surface area contributed by atoms with E-state index in [2.05, 4.69) is 62.2 Å². The van der Waals surface area contributed by atoms with Crippen LogP contribution in [0.15, 0.2) is 54.6 Å². The third-order valence-corrected chi connectivity index (χ3v) is 5.96. The van der Waals surface area contributed by atoms with Crippen molar-refractivity contribution in [2.24, 2.45) is 11.7 Å². The van der Waals surface area contributed by atoms with Crippen LogP contribution in [0.2, 0.25) is 0 Å². The minimum Gasteiger partial charge on any atom is -0.378 e. The van der Waals surface area contributed by atoms with Gasteiger partial charge in [-0.15, -0.1) is 0 Å². The van der Waals surface area contributed by atoms with Gasteiger partial charge in [0.1, 0.15) is 0 Å². The van der Waals surface area contributed by atoms with Gasteiger partial charge in [-0.1, -0.05) is 56.3 Å². The molecule has 0 spiro atoms. The maximum absolute atomic E-state index is 12.3. The number of amides is 1. The lowest BCUT2D eigenvalue weighted by Crippen LogP contribution is -2.29. The molecule has 0 aliphatic carbocycles. The summed E-state index contributed by atoms with van der Waals surface area (Å²) in [5.74, 6) is 1.98. The highest BCUT2D eigenvalue weighted by atomic mass is 16.5. The second-order valence-electron chi connectivity index (χ2n) is 9.94. The summed E-state index contributed by atoms with van der Waals surface area (Å²) in [6, 6.07) is 17.9. The van der Waals surface area contributed by atoms with Gasteiger partial charge in [0, 0.05) is 31.9 Å². The molecule has 0 unspecified atom stereocenters. The topological polar surface area (TPSA) is 148 Å². The van der Waals surface area contributed by atoms with Gasteiger partial charge in [0.15, 0.2) is 0 Å². The van der Waals surface area contributed by atoms with Crippen LogP contribution in [0.5, 0.6) is 0 Å². The van der Waals surface area contributed by atoms with E-state index in [4.69, 9.17) is 15.2 Å². The summed E-state index contributed by atoms with van der Waals surface area (Å²) in [5.41, 5.74) is 8.32. The molecule has 11 heteroatoms. The minimum atomic E-state index is -0.0607. The van der Waals surface area contributed by atoms with E-state index in [9.17, 15) is 4.79 Å². The van der Waals surface area contributed by atoms with E-state index in [0.29, 0.717) is 69.8 Å². The zero-order valence-electron chi connectivity index (χ0n) is 24.2. The minimum absolute atomic E-state index is 0.0607. The van der Waals surface area contributed by atoms with E-state index < -0.39 is 0 Å². The fourth-order valence-corrected chi connectivity index (χ4v) is 3.78. The standard InChI is InChI=1S/C30H44N8O3/c1-23(2)12-15-33-28-36-29(34-16-13-24-6-4-3-5-7-24)38-30(37-28)35-26-10-8-25(9-11-26)22-27(39)32-17-19-41-21-20-40-18-14-31/h3-11,23H,12-22,31H2,1-2H3,(H,32,39)(H3,33,34,35,36,37,38). The molecule has 2 aromatic carbocycles. The van der Waals surface area contributed by atoms with Gasteiger partial charge in [0.2, 0.25) is 23.8 Å². The number of benzene rings is 2. The van der Waals surface area contributed by atoms with Crippen LogP contribution < -0.4 is 27.0 Å². The highest BCUT2D eigenvalue weighted by molar-refractivity contribution is 5.78. The molecule has 3 rings (SSSR count). The summed E-state index contributed by atoms with van der Waals surface area (Å²) in [6.07, 6.45) is 2.15. The van der Waals surface area contributed by atoms with Crippen LogP contribution in [0.4, 0.5) is 23.5 Å². The van der Waals surface area contributed by atoms with E-state index in [-0.39, 0.29) is 12.3 Å². The second kappa shape index (κ2) is 18.5. The highest BCUT2D eigenvalue weighted by Crippen LogP contribution is 2.17. The lowest BCUT2D eigenvalue weighted by molar-refractivity contribution is -0.120. The van der Waals surface area contributed by atoms with Crippen molar-refractivity contribution in [3.8, 4) is 0 Å². The molecular formula is C30H44N8O3. The van der Waals surface area contributed by atoms with Crippen molar-refractivity contribution in [1.82, 2.24) is 20.3 Å². The molecule has 0 fully saturated rings. The van der Waals surface area contributed by atoms with Crippen LogP contribution in [-0.2, 0) is 27.1 Å². The predicted molar refractivity (Wildman–Crippen MR) is 164 cm³/mol. The number of nitrogens with zero attached hydrogens (tertiary/aromatic N) is 3. The summed E-state index contributed by atoms with van der Waals surface area (Å²) in [6.45, 7) is 8.72. The third kappa shape index (κ3) is 13.4. The van der Waals surface area contributed by atoms with Crippen molar-refractivity contribution < 1.29 is 14.3 Å². The van der Waals surface area contributed by atoms with Crippen LogP contribution >= 0.6 is 0 Å². The first-order valence-corrected chi connectivity index (χ1v) is 14.3. The molecule has 1 amide bonds. The Bertz CT molecular complexity index is 1150. The quantitative estimate of drug-likeness (QED) is 0.129. The number of carbonyl (C=O) groups is 1. The summed E-state index contributed by atoms with van der Waals surface area (Å²) >= 11 is 0. The number of carbonyl (C=O) groups excluding carboxylic acids is 1. The smallest absolute Gasteiger partial charge is 0.233 e. The van der Waals surface area contributed by atoms with Crippen molar-refractivity contribution in [3.05, 3.63) is 65.7 Å². The molecular weight excluding hydrogens is 520 g/mol. The van der Waals surface area contributed by atoms with Crippen molar-refractivity contribution in [2.45, 2.75) is 33.1 Å². The van der Waals surface area contributed by atoms with Gasteiger partial charge in [-0.25, -0.2) is 0 Å². The van der Waals surface area contributed by atoms with Gasteiger partial charge in [-0.3, -0.25) is 4.79 Å². The first-order chi connectivity index (χ1) is 20.0. The molecule has 6 N–H and O–H groups in total. The fourth-order valence-electron chi connectivity index (χ4n) is 3.78. The van der Waals surface area contributed by atoms with E-state index >= 15 is 0 Å². The van der Waals surface area contributed by atoms with E-state index in [1.165, 1.54) is 5.56 Å². The van der Waals surface area contributed by atoms with Gasteiger partial charge in [0.25, 0.3) is 0 Å². The largest absolute Gasteiger partial charge is 0.378 e. The van der Waals surface area contributed by atoms with Crippen molar-refractivity contribution in [1.29, 1.82) is 0 Å². The van der Waals surface area contributed by atoms with Crippen LogP contribution in [0, 0.1) is 5.92 Å². The first kappa shape index (κ1) is 31.7. The summed E-state index contributed by atoms with van der Waals surface area (Å²) in [4.78, 5) is 26.0. The number of aromatic nitrogens is 3. The van der Waals surface area contributed by atoms with Crippen LogP contribution in [0.3, 0.4) is 0 Å². The summed E-state index contributed by atoms with van der Waals surface area (Å²) in [5, 5.41) is 12.8. The molecule has 222 valence electrons. The lowest BCUT2D eigenvalue weighted by Gasteiger charge is -2.12. The molecule has 0 aliphatic heterocycles. The molecule has 0 radical (unpaired) electrons. The van der Waals surface area contributed by atoms with E-state index in [1.54, 1.807) is 0 Å². The Labute approximate surface area is 243 Å². The monoisotopic (exact) mass is 564 g/mol. The van der Waals surface area contributed by atoms with E-state index in [1.807, 2.05) is 42.5 Å². The average molecular weight is 565 g/mol. The second-order valence-corrected chi connectivity index (χ2v) is 9.94. The summed E-state index contributed by atoms with van der Waals surface area (Å²) in [7, 11) is 0. The molecule has 0 saturated carbocycles. The van der Waals surface area contributed by atoms with Crippen molar-refractivity contribution in [3.63, 3.8) is 0 Å². The van der Waals surface area contributed by atoms with Gasteiger partial charge in [-0.05, 0) is 42.0 Å². The van der Waals surface area contributed by atoms with Crippen LogP contribution in [0.25, 0.3) is 0 Å². The number of rotatable bonds is 20. The van der Waals surface area contributed by atoms with Crippen molar-refractivity contribution in [2.75, 3.05) is 68.6 Å². The molecule has 1 aromatic heterocycles. The van der Waals surface area contributed by atoms with Crippen LogP contribution in [0.1, 0.15) is 31.4 Å². The number of nitrogens with one attached hydrogen (secondary N) is 4. The molecule has 3 aromatic rings. The molecule has 0 bridgehead atoms. The number of hydrogen-bond donors (Lipinski definition) is 5. The number of ether oxygens (including phenoxy) is 2. The lowest BCUT2D eigenvalue weighted by atomic mass is 10.1. The molecule has 0 aliphatic rings. The molecule has 41 heavy (non-hydrogen) atoms.